The topological polar surface area (TPSA) is 231 Å². The monoisotopic (exact) mass is 1640 g/mol. The van der Waals surface area contributed by atoms with Crippen molar-refractivity contribution in [1.82, 2.24) is 0 Å². The summed E-state index contributed by atoms with van der Waals surface area (Å²) >= 11 is 0. The zero-order valence-corrected chi connectivity index (χ0v) is 73.7. The summed E-state index contributed by atoms with van der Waals surface area (Å²) in [6, 6.07) is 0. The molecule has 0 aliphatic heterocycles. The van der Waals surface area contributed by atoms with Crippen LogP contribution in [0.1, 0.15) is 342 Å². The highest BCUT2D eigenvalue weighted by Gasteiger charge is 2.29. The molecule has 0 spiro atoms. The number of hydrogen-bond acceptors (Lipinski definition) is 14. The zero-order chi connectivity index (χ0) is 83.6. The van der Waals surface area contributed by atoms with Gasteiger partial charge in [0.1, 0.15) is 25.4 Å². The van der Waals surface area contributed by atoms with Crippen molar-refractivity contribution in [3.8, 4) is 0 Å². The van der Waals surface area contributed by atoms with Crippen LogP contribution in [-0.2, 0) is 55.8 Å². The van der Waals surface area contributed by atoms with Gasteiger partial charge in [-0.2, -0.15) is 0 Å². The molecule has 16 nitrogen and oxygen atoms in total. The van der Waals surface area contributed by atoms with E-state index < -0.39 is 91.5 Å². The highest BCUT2D eigenvalue weighted by Crippen LogP contribution is 2.45. The molecule has 5 atom stereocenters. The molecule has 654 valence electrons. The fraction of sp³-hybridized carbons (Fsp3) is 0.639. The fourth-order valence-corrected chi connectivity index (χ4v) is 13.1. The Morgan fingerprint density at radius 2 is 0.461 bits per heavy atom. The van der Waals surface area contributed by atoms with Crippen LogP contribution in [0.25, 0.3) is 0 Å². The Hall–Kier alpha value is -5.61. The molecular weight excluding hydrogens is 1480 g/mol. The summed E-state index contributed by atoms with van der Waals surface area (Å²) in [5.74, 6) is -1.62. The summed E-state index contributed by atoms with van der Waals surface area (Å²) < 4.78 is 61.4. The van der Waals surface area contributed by atoms with Crippen LogP contribution >= 0.6 is 15.6 Å². The van der Waals surface area contributed by atoms with E-state index in [-0.39, 0.29) is 19.3 Å². The van der Waals surface area contributed by atoms with E-state index in [0.717, 1.165) is 199 Å². The van der Waals surface area contributed by atoms with Gasteiger partial charge in [0.15, 0.2) is 6.10 Å². The number of phosphoric acid groups is 2. The second kappa shape index (κ2) is 87.7. The number of unbranched alkanes of at least 4 members (excludes halogenated alkanes) is 28. The maximum absolute atomic E-state index is 13.1. The van der Waals surface area contributed by atoms with E-state index in [9.17, 15) is 43.5 Å². The number of allylic oxidation sites excluding steroid dienone is 32. The average Bonchev–Trinajstić information content (AvgIpc) is 0.926. The van der Waals surface area contributed by atoms with Gasteiger partial charge in [-0.25, -0.2) is 9.13 Å². The van der Waals surface area contributed by atoms with Crippen molar-refractivity contribution in [2.75, 3.05) is 39.6 Å². The molecule has 0 saturated heterocycles. The van der Waals surface area contributed by atoms with Crippen LogP contribution in [-0.4, -0.2) is 95.9 Å². The predicted molar refractivity (Wildman–Crippen MR) is 481 cm³/mol. The normalized spacial score (nSPS) is 14.7. The quantitative estimate of drug-likeness (QED) is 0.0146. The minimum Gasteiger partial charge on any atom is -0.463 e. The van der Waals surface area contributed by atoms with E-state index in [1.165, 1.54) is 83.5 Å². The van der Waals surface area contributed by atoms with Gasteiger partial charge in [-0.3, -0.25) is 32.5 Å². The van der Waals surface area contributed by atoms with Crippen LogP contribution in [0.2, 0.25) is 0 Å². The predicted octanol–water partition coefficient (Wildman–Crippen LogP) is 27.4. The summed E-state index contributed by atoms with van der Waals surface area (Å²) in [5.41, 5.74) is 0. The Morgan fingerprint density at radius 1 is 0.252 bits per heavy atom. The number of aliphatic hydroxyl groups excluding tert-OH is 2. The Labute approximate surface area is 699 Å². The maximum Gasteiger partial charge on any atom is 0.472 e. The molecule has 5 unspecified atom stereocenters. The minimum atomic E-state index is -4.96. The van der Waals surface area contributed by atoms with Gasteiger partial charge in [-0.05, 0) is 167 Å². The Bertz CT molecular complexity index is 2870. The van der Waals surface area contributed by atoms with Gasteiger partial charge < -0.3 is 34.2 Å². The summed E-state index contributed by atoms with van der Waals surface area (Å²) in [6.45, 7) is 2.40. The lowest BCUT2D eigenvalue weighted by Crippen LogP contribution is -2.30. The Balaban J connectivity index is 4.71. The number of ether oxygens (including phenoxy) is 3. The number of hydrogen-bond donors (Lipinski definition) is 4. The molecule has 0 aromatic heterocycles. The van der Waals surface area contributed by atoms with Crippen molar-refractivity contribution in [3.05, 3.63) is 194 Å². The smallest absolute Gasteiger partial charge is 0.463 e. The molecule has 0 bridgehead atoms. The van der Waals surface area contributed by atoms with E-state index in [4.69, 9.17) is 32.3 Å². The molecule has 0 saturated carbocycles. The van der Waals surface area contributed by atoms with Gasteiger partial charge in [0.2, 0.25) is 0 Å². The summed E-state index contributed by atoms with van der Waals surface area (Å²) in [4.78, 5) is 59.0. The fourth-order valence-electron chi connectivity index (χ4n) is 11.6. The van der Waals surface area contributed by atoms with Crippen LogP contribution in [0, 0.1) is 0 Å². The molecule has 0 fully saturated rings. The summed E-state index contributed by atoms with van der Waals surface area (Å²) in [7, 11) is -9.83. The van der Waals surface area contributed by atoms with Crippen LogP contribution in [0.3, 0.4) is 0 Å². The van der Waals surface area contributed by atoms with Crippen LogP contribution in [0.5, 0.6) is 0 Å². The second-order valence-electron chi connectivity index (χ2n) is 29.3. The van der Waals surface area contributed by atoms with Crippen molar-refractivity contribution in [3.63, 3.8) is 0 Å². The number of phosphoric ester groups is 2. The maximum atomic E-state index is 13.1. The van der Waals surface area contributed by atoms with E-state index >= 15 is 0 Å². The molecule has 0 amide bonds. The van der Waals surface area contributed by atoms with Crippen molar-refractivity contribution in [2.24, 2.45) is 0 Å². The van der Waals surface area contributed by atoms with Crippen molar-refractivity contribution >= 4 is 33.6 Å². The summed E-state index contributed by atoms with van der Waals surface area (Å²) in [6.07, 6.45) is 116. The van der Waals surface area contributed by atoms with Crippen LogP contribution in [0.15, 0.2) is 194 Å². The SMILES string of the molecule is CC/C=C\C/C=C\C/C=C\C/C=C\C/C=C\C/C=C\CCCCCCCCC(=O)OCC(COP(=O)(O)OCC(O)COP(=O)(O)OCC(O)COC(=O)CCCCCCCCCCCCCCC/C=C\C/C=C\C/C=C\C/C=C\CCCCC)OC(=O)CCCCCCCC/C=C\C/C=C\C/C=C\C/C=C\C/C=C\C/C=C\CC. The van der Waals surface area contributed by atoms with Gasteiger partial charge in [0.05, 0.1) is 26.4 Å². The van der Waals surface area contributed by atoms with E-state index in [2.05, 4.69) is 215 Å². The molecule has 0 aliphatic carbocycles. The number of carbonyl (C=O) groups excluding carboxylic acids is 3. The van der Waals surface area contributed by atoms with Crippen molar-refractivity contribution in [1.29, 1.82) is 0 Å². The first-order chi connectivity index (χ1) is 56.2. The molecule has 0 aromatic rings. The molecule has 115 heavy (non-hydrogen) atoms. The van der Waals surface area contributed by atoms with E-state index in [1.54, 1.807) is 0 Å². The third-order valence-electron chi connectivity index (χ3n) is 18.3. The summed E-state index contributed by atoms with van der Waals surface area (Å²) in [5, 5.41) is 20.7. The molecular formula is C97H160O16P2. The Kier molecular flexibility index (Phi) is 83.4. The largest absolute Gasteiger partial charge is 0.472 e. The van der Waals surface area contributed by atoms with E-state index in [0.29, 0.717) is 19.3 Å². The van der Waals surface area contributed by atoms with Gasteiger partial charge in [0, 0.05) is 19.3 Å². The lowest BCUT2D eigenvalue weighted by atomic mass is 10.0. The first-order valence-electron chi connectivity index (χ1n) is 44.7. The minimum absolute atomic E-state index is 0.0753. The third-order valence-corrected chi connectivity index (χ3v) is 20.2. The van der Waals surface area contributed by atoms with E-state index in [1.807, 2.05) is 0 Å². The zero-order valence-electron chi connectivity index (χ0n) is 71.9. The van der Waals surface area contributed by atoms with Gasteiger partial charge in [-0.15, -0.1) is 0 Å². The highest BCUT2D eigenvalue weighted by molar-refractivity contribution is 7.47. The molecule has 0 rings (SSSR count). The number of aliphatic hydroxyl groups is 2. The molecule has 4 N–H and O–H groups in total. The van der Waals surface area contributed by atoms with Gasteiger partial charge in [-0.1, -0.05) is 350 Å². The Morgan fingerprint density at radius 3 is 0.730 bits per heavy atom. The molecule has 0 aliphatic rings. The molecule has 0 aromatic carbocycles. The second-order valence-corrected chi connectivity index (χ2v) is 32.2. The van der Waals surface area contributed by atoms with Crippen LogP contribution < -0.4 is 0 Å². The standard InChI is InChI=1S/C97H160O16P2/c1-4-7-10-13-16-19-22-25-28-31-34-37-40-43-44-45-46-49-51-53-56-59-62-65-68-71-74-77-80-83-95(100)107-86-92(98)87-109-114(103,104)110-88-93(99)89-111-115(105,106)112-91-94(113-97(102)85-82-79-76-73-70-67-64-61-58-55-52-48-42-39-36-33-30-27-24-21-18-15-12-9-6-3)90-108-96(101)84-81-78-75-72-69-66-63-60-57-54-50-47-41-38-35-32-29-26-23-20-17-14-11-8-5-2/h8-9,11-12,16-21,25-30,34-39,43-44,47-48,50,52,57-58,60-61,92-94,98-99H,4-7,10,13-15,22-24,31-33,40-42,45-46,49,51,53-56,59,62-91H2,1-3H3,(H,103,104)(H,105,106)/b11-8-,12-9-,19-16-,20-17-,21-18-,28-25-,29-26-,30-27-,37-34-,38-35-,39-36-,44-43-,50-47-,52-48-,60-57-,61-58-. The third kappa shape index (κ3) is 89.0. The average molecular weight is 1640 g/mol. The lowest BCUT2D eigenvalue weighted by Gasteiger charge is -2.21. The molecule has 18 heteroatoms. The van der Waals surface area contributed by atoms with Crippen LogP contribution in [0.4, 0.5) is 0 Å². The van der Waals surface area contributed by atoms with Gasteiger partial charge >= 0.3 is 33.6 Å². The lowest BCUT2D eigenvalue weighted by molar-refractivity contribution is -0.161. The van der Waals surface area contributed by atoms with Crippen molar-refractivity contribution in [2.45, 2.75) is 360 Å². The first-order valence-corrected chi connectivity index (χ1v) is 47.7. The van der Waals surface area contributed by atoms with Crippen molar-refractivity contribution < 1.29 is 75.8 Å². The molecule has 0 heterocycles. The van der Waals surface area contributed by atoms with Gasteiger partial charge in [0.25, 0.3) is 0 Å². The number of esters is 3. The number of carbonyl (C=O) groups is 3. The first kappa shape index (κ1) is 109. The number of rotatable bonds is 83. The highest BCUT2D eigenvalue weighted by atomic mass is 31.2. The molecule has 0 radical (unpaired) electrons.